The Morgan fingerprint density at radius 2 is 1.83 bits per heavy atom. The quantitative estimate of drug-likeness (QED) is 0.0601. The Morgan fingerprint density at radius 1 is 1.07 bits per heavy atom. The van der Waals surface area contributed by atoms with Crippen LogP contribution in [0.3, 0.4) is 0 Å². The topological polar surface area (TPSA) is 183 Å². The van der Waals surface area contributed by atoms with Gasteiger partial charge in [-0.3, -0.25) is 9.59 Å². The predicted molar refractivity (Wildman–Crippen MR) is 238 cm³/mol. The molecule has 4 aromatic carbocycles. The molecule has 5 aromatic rings. The lowest BCUT2D eigenvalue weighted by atomic mass is 10.1. The Bertz CT molecular complexity index is 2700. The molecule has 1 unspecified atom stereocenters. The van der Waals surface area contributed by atoms with Crippen molar-refractivity contribution in [1.29, 1.82) is 5.26 Å². The van der Waals surface area contributed by atoms with Crippen molar-refractivity contribution in [2.24, 2.45) is 4.99 Å². The van der Waals surface area contributed by atoms with Gasteiger partial charge in [0.2, 0.25) is 10.0 Å². The summed E-state index contributed by atoms with van der Waals surface area (Å²) in [6.07, 6.45) is 5.80. The molecule has 0 saturated carbocycles. The van der Waals surface area contributed by atoms with E-state index in [4.69, 9.17) is 37.5 Å². The number of terminal acetylenes is 1. The zero-order valence-electron chi connectivity index (χ0n) is 34.3. The van der Waals surface area contributed by atoms with Crippen LogP contribution in [0.4, 0.5) is 22.7 Å². The molecule has 0 aliphatic carbocycles. The van der Waals surface area contributed by atoms with Gasteiger partial charge in [0.1, 0.15) is 18.5 Å². The monoisotopic (exact) mass is 851 g/mol. The smallest absolute Gasteiger partial charge is 0.280 e. The lowest BCUT2D eigenvalue weighted by Gasteiger charge is -2.24. The van der Waals surface area contributed by atoms with Crippen molar-refractivity contribution in [2.45, 2.75) is 34.0 Å². The number of hydrogen-bond acceptors (Lipinski definition) is 12. The van der Waals surface area contributed by atoms with Crippen molar-refractivity contribution in [3.63, 3.8) is 0 Å². The highest BCUT2D eigenvalue weighted by Crippen LogP contribution is 2.29. The Balaban J connectivity index is 1.51. The largest absolute Gasteiger partial charge is 0.453 e. The number of likely N-dealkylation sites (N-methyl/N-ethyl adjacent to an activating group) is 1. The Morgan fingerprint density at radius 3 is 2.48 bits per heavy atom. The molecule has 0 radical (unpaired) electrons. The molecule has 1 aromatic heterocycles. The first-order valence-electron chi connectivity index (χ1n) is 18.7. The molecule has 15 nitrogen and oxygen atoms in total. The third kappa shape index (κ3) is 11.0. The number of ether oxygens (including phenoxy) is 2. The minimum atomic E-state index is -3.37. The first kappa shape index (κ1) is 44.7. The van der Waals surface area contributed by atoms with Crippen LogP contribution in [0.25, 0.3) is 10.9 Å². The van der Waals surface area contributed by atoms with Crippen molar-refractivity contribution in [1.82, 2.24) is 14.4 Å². The van der Waals surface area contributed by atoms with E-state index in [1.807, 2.05) is 56.9 Å². The van der Waals surface area contributed by atoms with Gasteiger partial charge in [0.05, 0.1) is 39.1 Å². The number of aliphatic imine (C=N–C) groups is 1. The van der Waals surface area contributed by atoms with Crippen molar-refractivity contribution in [2.75, 3.05) is 67.3 Å². The number of aromatic nitrogens is 2. The highest BCUT2D eigenvalue weighted by Gasteiger charge is 2.26. The minimum Gasteiger partial charge on any atom is -0.453 e. The lowest BCUT2D eigenvalue weighted by Crippen LogP contribution is -2.42. The highest BCUT2D eigenvalue weighted by atomic mass is 35.5. The number of nitrogens with zero attached hydrogens (tertiary/aromatic N) is 6. The zero-order valence-corrected chi connectivity index (χ0v) is 35.9. The van der Waals surface area contributed by atoms with Gasteiger partial charge in [-0.25, -0.2) is 27.8 Å². The number of fused-ring (bicyclic) bond motifs is 1. The molecule has 1 amide bonds. The summed E-state index contributed by atoms with van der Waals surface area (Å²) in [6.45, 7) is 8.80. The number of aryl methyl sites for hydroxylation is 3. The summed E-state index contributed by atoms with van der Waals surface area (Å²) in [5.74, 6) is 2.18. The van der Waals surface area contributed by atoms with E-state index in [-0.39, 0.29) is 52.0 Å². The summed E-state index contributed by atoms with van der Waals surface area (Å²) in [4.78, 5) is 40.1. The van der Waals surface area contributed by atoms with E-state index in [0.717, 1.165) is 23.1 Å². The average molecular weight is 852 g/mol. The molecule has 1 heterocycles. The van der Waals surface area contributed by atoms with Crippen LogP contribution in [0.5, 0.6) is 5.75 Å². The first-order chi connectivity index (χ1) is 28.5. The molecule has 0 fully saturated rings. The van der Waals surface area contributed by atoms with Gasteiger partial charge in [0, 0.05) is 45.1 Å². The van der Waals surface area contributed by atoms with E-state index in [1.54, 1.807) is 56.6 Å². The molecular weight excluding hydrogens is 806 g/mol. The summed E-state index contributed by atoms with van der Waals surface area (Å²) in [6, 6.07) is 22.7. The van der Waals surface area contributed by atoms with Crippen LogP contribution < -0.4 is 35.6 Å². The van der Waals surface area contributed by atoms with Gasteiger partial charge in [-0.05, 0) is 99.3 Å². The van der Waals surface area contributed by atoms with E-state index in [9.17, 15) is 23.3 Å². The van der Waals surface area contributed by atoms with Crippen LogP contribution >= 0.6 is 11.6 Å². The SMILES string of the molecule is C#CC(OCNc1ccc(Cl)c(NC(=O)C(=Nc2ccc(N(CC)CCNS(C)(=O)=O)cc2C)c2nc3c(C#N)cccc3c(=O)n2N(C)C)c1)Oc1ccc(C)cc1C. The minimum absolute atomic E-state index is 0.0577. The number of sulfonamides is 1. The van der Waals surface area contributed by atoms with E-state index in [1.165, 1.54) is 15.8 Å². The van der Waals surface area contributed by atoms with Crippen LogP contribution in [-0.4, -0.2) is 82.7 Å². The Kier molecular flexibility index (Phi) is 14.6. The summed E-state index contributed by atoms with van der Waals surface area (Å²) in [5, 5.41) is 17.7. The predicted octanol–water partition coefficient (Wildman–Crippen LogP) is 5.60. The third-order valence-corrected chi connectivity index (χ3v) is 10.2. The molecule has 312 valence electrons. The third-order valence-electron chi connectivity index (χ3n) is 9.16. The second kappa shape index (κ2) is 19.5. The summed E-state index contributed by atoms with van der Waals surface area (Å²) in [5.41, 5.74) is 4.01. The van der Waals surface area contributed by atoms with Crippen molar-refractivity contribution >= 4 is 66.9 Å². The fraction of sp³-hybridized carbons (Fsp3) is 0.279. The van der Waals surface area contributed by atoms with Gasteiger partial charge >= 0.3 is 0 Å². The second-order valence-electron chi connectivity index (χ2n) is 13.9. The molecular formula is C43H46ClN9O6S. The number of carbonyl (C=O) groups excluding carboxylic acids is 1. The number of nitrogens with one attached hydrogen (secondary N) is 3. The number of halogens is 1. The standard InChI is InChI=1S/C43H46ClN9O6S/c1-9-38(59-37-19-14-27(3)22-29(37)5)58-26-46-31-15-17-34(44)36(24-31)49-42(54)40(41-50-39-30(25-45)12-11-13-33(39)43(55)53(41)51(6)7)48-35-18-16-32(23-28(35)4)52(10-2)21-20-47-60(8,56)57/h1,11-19,22-24,38,46-47H,10,20-21,26H2,2-8H3,(H,49,54). The second-order valence-corrected chi connectivity index (χ2v) is 16.2. The molecule has 5 rings (SSSR count). The van der Waals surface area contributed by atoms with E-state index >= 15 is 0 Å². The van der Waals surface area contributed by atoms with E-state index in [2.05, 4.69) is 27.3 Å². The molecule has 0 saturated heterocycles. The van der Waals surface area contributed by atoms with E-state index in [0.29, 0.717) is 35.8 Å². The van der Waals surface area contributed by atoms with Gasteiger partial charge < -0.3 is 30.0 Å². The van der Waals surface area contributed by atoms with Crippen molar-refractivity contribution in [3.05, 3.63) is 116 Å². The molecule has 1 atom stereocenters. The molecule has 17 heteroatoms. The summed E-state index contributed by atoms with van der Waals surface area (Å²) < 4.78 is 38.7. The van der Waals surface area contributed by atoms with Gasteiger partial charge in [-0.15, -0.1) is 6.42 Å². The number of hydrogen-bond donors (Lipinski definition) is 3. The summed E-state index contributed by atoms with van der Waals surface area (Å²) in [7, 11) is -0.131. The van der Waals surface area contributed by atoms with Crippen LogP contribution in [0.15, 0.2) is 82.6 Å². The normalized spacial score (nSPS) is 12.0. The average Bonchev–Trinajstić information content (AvgIpc) is 3.19. The maximum atomic E-state index is 14.6. The first-order valence-corrected chi connectivity index (χ1v) is 21.0. The molecule has 0 aliphatic heterocycles. The molecule has 0 bridgehead atoms. The maximum Gasteiger partial charge on any atom is 0.280 e. The van der Waals surface area contributed by atoms with E-state index < -0.39 is 27.8 Å². The van der Waals surface area contributed by atoms with Crippen LogP contribution in [-0.2, 0) is 19.6 Å². The highest BCUT2D eigenvalue weighted by molar-refractivity contribution is 7.88. The number of anilines is 3. The summed E-state index contributed by atoms with van der Waals surface area (Å²) >= 11 is 6.63. The fourth-order valence-electron chi connectivity index (χ4n) is 6.21. The Hall–Kier alpha value is -6.43. The van der Waals surface area contributed by atoms with Gasteiger partial charge in [0.25, 0.3) is 17.8 Å². The molecule has 0 aliphatic rings. The lowest BCUT2D eigenvalue weighted by molar-refractivity contribution is -0.110. The van der Waals surface area contributed by atoms with Crippen molar-refractivity contribution in [3.8, 4) is 24.2 Å². The van der Waals surface area contributed by atoms with Crippen LogP contribution in [0.2, 0.25) is 5.02 Å². The number of nitriles is 1. The number of para-hydroxylation sites is 1. The number of rotatable bonds is 17. The number of carbonyl (C=O) groups is 1. The molecule has 3 N–H and O–H groups in total. The van der Waals surface area contributed by atoms with Crippen LogP contribution in [0, 0.1) is 44.4 Å². The van der Waals surface area contributed by atoms with Gasteiger partial charge in [-0.1, -0.05) is 35.4 Å². The maximum absolute atomic E-state index is 14.6. The van der Waals surface area contributed by atoms with Gasteiger partial charge in [0.15, 0.2) is 11.5 Å². The number of amides is 1. The van der Waals surface area contributed by atoms with Crippen LogP contribution in [0.1, 0.15) is 35.0 Å². The van der Waals surface area contributed by atoms with Gasteiger partial charge in [-0.2, -0.15) is 5.26 Å². The molecule has 0 spiro atoms. The van der Waals surface area contributed by atoms with Crippen molar-refractivity contribution < 1.29 is 22.7 Å². The fourth-order valence-corrected chi connectivity index (χ4v) is 6.84. The Labute approximate surface area is 354 Å². The zero-order chi connectivity index (χ0) is 43.7. The molecule has 60 heavy (non-hydrogen) atoms. The number of benzene rings is 4.